The molecular weight excluding hydrogens is 354 g/mol. The summed E-state index contributed by atoms with van der Waals surface area (Å²) in [7, 11) is 1.73. The Labute approximate surface area is 168 Å². The minimum absolute atomic E-state index is 0.0191. The van der Waals surface area contributed by atoms with Crippen LogP contribution in [0.2, 0.25) is 0 Å². The molecule has 0 aliphatic carbocycles. The van der Waals surface area contributed by atoms with Gasteiger partial charge in [-0.2, -0.15) is 0 Å². The van der Waals surface area contributed by atoms with Crippen LogP contribution in [-0.2, 0) is 4.79 Å². The number of para-hydroxylation sites is 1. The lowest BCUT2D eigenvalue weighted by atomic mass is 10.2. The summed E-state index contributed by atoms with van der Waals surface area (Å²) >= 11 is 1.54. The third-order valence-corrected chi connectivity index (χ3v) is 5.15. The van der Waals surface area contributed by atoms with Gasteiger partial charge in [-0.15, -0.1) is 11.8 Å². The van der Waals surface area contributed by atoms with Crippen LogP contribution in [0.15, 0.2) is 58.4 Å². The standard InChI is InChI=1S/C18H19N3OS.2C2H6/c1-12-8-4-6-10-14(12)19-17-16(18(22)21(3)20-17)23-15-11-7-5-9-13(15)2;2*1-2/h4-11,16H,1-3H3,(H,19,20);2*1-2H3. The van der Waals surface area contributed by atoms with Crippen LogP contribution in [0.4, 0.5) is 5.69 Å². The van der Waals surface area contributed by atoms with Crippen molar-refractivity contribution < 1.29 is 4.79 Å². The molecule has 1 atom stereocenters. The lowest BCUT2D eigenvalue weighted by Crippen LogP contribution is -2.31. The van der Waals surface area contributed by atoms with E-state index in [0.717, 1.165) is 21.7 Å². The minimum Gasteiger partial charge on any atom is -0.282 e. The van der Waals surface area contributed by atoms with Gasteiger partial charge in [0.2, 0.25) is 0 Å². The van der Waals surface area contributed by atoms with Gasteiger partial charge in [0.05, 0.1) is 5.69 Å². The van der Waals surface area contributed by atoms with Crippen molar-refractivity contribution in [3.8, 4) is 0 Å². The lowest BCUT2D eigenvalue weighted by Gasteiger charge is -2.10. The van der Waals surface area contributed by atoms with Crippen LogP contribution in [0.1, 0.15) is 38.8 Å². The Morgan fingerprint density at radius 3 is 2.07 bits per heavy atom. The molecule has 0 radical (unpaired) electrons. The topological polar surface area (TPSA) is 44.7 Å². The summed E-state index contributed by atoms with van der Waals surface area (Å²) < 4.78 is 0. The van der Waals surface area contributed by atoms with Gasteiger partial charge in [0.25, 0.3) is 5.91 Å². The molecule has 1 N–H and O–H groups in total. The molecule has 27 heavy (non-hydrogen) atoms. The van der Waals surface area contributed by atoms with Gasteiger partial charge in [0, 0.05) is 11.9 Å². The first kappa shape index (κ1) is 22.8. The molecule has 0 aromatic heterocycles. The summed E-state index contributed by atoms with van der Waals surface area (Å²) in [5.74, 6) is 0.700. The quantitative estimate of drug-likeness (QED) is 0.756. The summed E-state index contributed by atoms with van der Waals surface area (Å²) in [6, 6.07) is 16.0. The molecule has 0 spiro atoms. The average molecular weight is 386 g/mol. The normalized spacial score (nSPS) is 16.9. The van der Waals surface area contributed by atoms with Gasteiger partial charge in [-0.3, -0.25) is 15.2 Å². The second kappa shape index (κ2) is 11.4. The molecule has 1 saturated heterocycles. The number of rotatable bonds is 3. The van der Waals surface area contributed by atoms with Crippen molar-refractivity contribution in [2.45, 2.75) is 51.7 Å². The molecule has 1 unspecified atom stereocenters. The van der Waals surface area contributed by atoms with E-state index in [-0.39, 0.29) is 11.2 Å². The number of amides is 1. The van der Waals surface area contributed by atoms with Crippen LogP contribution >= 0.6 is 11.8 Å². The monoisotopic (exact) mass is 385 g/mol. The van der Waals surface area contributed by atoms with E-state index < -0.39 is 0 Å². The summed E-state index contributed by atoms with van der Waals surface area (Å²) in [5, 5.41) is 1.16. The highest BCUT2D eigenvalue weighted by molar-refractivity contribution is 8.01. The van der Waals surface area contributed by atoms with E-state index in [9.17, 15) is 4.79 Å². The number of hydrogen-bond acceptors (Lipinski definition) is 3. The molecule has 2 aromatic carbocycles. The maximum atomic E-state index is 12.5. The fraction of sp³-hybridized carbons (Fsp3) is 0.364. The van der Waals surface area contributed by atoms with Crippen molar-refractivity contribution in [3.63, 3.8) is 0 Å². The Kier molecular flexibility index (Phi) is 9.65. The Balaban J connectivity index is 0.000000855. The van der Waals surface area contributed by atoms with E-state index in [4.69, 9.17) is 0 Å². The van der Waals surface area contributed by atoms with Gasteiger partial charge in [-0.25, -0.2) is 4.99 Å². The molecule has 4 nitrogen and oxygen atoms in total. The first-order valence-electron chi connectivity index (χ1n) is 9.47. The van der Waals surface area contributed by atoms with E-state index >= 15 is 0 Å². The van der Waals surface area contributed by atoms with Gasteiger partial charge in [-0.05, 0) is 37.1 Å². The van der Waals surface area contributed by atoms with Gasteiger partial charge in [-0.1, -0.05) is 64.1 Å². The lowest BCUT2D eigenvalue weighted by molar-refractivity contribution is -0.127. The van der Waals surface area contributed by atoms with Gasteiger partial charge >= 0.3 is 0 Å². The van der Waals surface area contributed by atoms with Crippen LogP contribution in [0.3, 0.4) is 0 Å². The number of hydrazine groups is 1. The molecule has 1 amide bonds. The van der Waals surface area contributed by atoms with Crippen molar-refractivity contribution in [2.75, 3.05) is 7.05 Å². The van der Waals surface area contributed by atoms with Crippen molar-refractivity contribution in [2.24, 2.45) is 4.99 Å². The van der Waals surface area contributed by atoms with E-state index in [1.165, 1.54) is 16.8 Å². The number of hydrogen-bond donors (Lipinski definition) is 1. The molecule has 1 aliphatic heterocycles. The van der Waals surface area contributed by atoms with Gasteiger partial charge < -0.3 is 0 Å². The number of amidine groups is 1. The Morgan fingerprint density at radius 1 is 0.926 bits per heavy atom. The van der Waals surface area contributed by atoms with Crippen molar-refractivity contribution in [1.29, 1.82) is 0 Å². The number of nitrogens with one attached hydrogen (secondary N) is 1. The number of benzene rings is 2. The van der Waals surface area contributed by atoms with E-state index in [1.807, 2.05) is 77.1 Å². The number of carbonyl (C=O) groups excluding carboxylic acids is 1. The first-order chi connectivity index (χ1) is 13.1. The third kappa shape index (κ3) is 5.86. The van der Waals surface area contributed by atoms with Crippen molar-refractivity contribution in [1.82, 2.24) is 10.4 Å². The molecule has 1 heterocycles. The van der Waals surface area contributed by atoms with Crippen LogP contribution < -0.4 is 5.43 Å². The molecular formula is C22H31N3OS. The molecule has 1 fully saturated rings. The number of aliphatic imine (C=N–C) groups is 1. The fourth-order valence-electron chi connectivity index (χ4n) is 2.40. The molecule has 146 valence electrons. The molecule has 1 aliphatic rings. The Morgan fingerprint density at radius 2 is 1.48 bits per heavy atom. The zero-order valence-corrected chi connectivity index (χ0v) is 18.2. The van der Waals surface area contributed by atoms with E-state index in [0.29, 0.717) is 5.84 Å². The summed E-state index contributed by atoms with van der Waals surface area (Å²) in [6.45, 7) is 12.1. The number of thioether (sulfide) groups is 1. The highest BCUT2D eigenvalue weighted by Gasteiger charge is 2.36. The highest BCUT2D eigenvalue weighted by Crippen LogP contribution is 2.31. The van der Waals surface area contributed by atoms with E-state index in [2.05, 4.69) is 23.4 Å². The predicted octanol–water partition coefficient (Wildman–Crippen LogP) is 5.52. The van der Waals surface area contributed by atoms with Crippen molar-refractivity contribution >= 4 is 29.2 Å². The number of aryl methyl sites for hydroxylation is 2. The van der Waals surface area contributed by atoms with Gasteiger partial charge in [0.15, 0.2) is 0 Å². The predicted molar refractivity (Wildman–Crippen MR) is 118 cm³/mol. The minimum atomic E-state index is -0.347. The van der Waals surface area contributed by atoms with Gasteiger partial charge in [0.1, 0.15) is 11.1 Å². The largest absolute Gasteiger partial charge is 0.282 e. The van der Waals surface area contributed by atoms with Crippen molar-refractivity contribution in [3.05, 3.63) is 59.7 Å². The van der Waals surface area contributed by atoms with Crippen LogP contribution in [-0.4, -0.2) is 29.0 Å². The SMILES string of the molecule is CC.CC.Cc1ccccc1N=C1NN(C)C(=O)C1Sc1ccccc1C. The first-order valence-corrected chi connectivity index (χ1v) is 10.3. The second-order valence-electron chi connectivity index (χ2n) is 5.56. The highest BCUT2D eigenvalue weighted by atomic mass is 32.2. The summed E-state index contributed by atoms with van der Waals surface area (Å²) in [5.41, 5.74) is 6.21. The molecule has 3 rings (SSSR count). The van der Waals surface area contributed by atoms with Crippen LogP contribution in [0.25, 0.3) is 0 Å². The Hall–Kier alpha value is -2.27. The third-order valence-electron chi connectivity index (χ3n) is 3.78. The summed E-state index contributed by atoms with van der Waals surface area (Å²) in [6.07, 6.45) is 0. The second-order valence-corrected chi connectivity index (χ2v) is 6.70. The maximum Gasteiger partial charge on any atom is 0.261 e. The molecule has 0 bridgehead atoms. The number of nitrogens with zero attached hydrogens (tertiary/aromatic N) is 2. The maximum absolute atomic E-state index is 12.5. The smallest absolute Gasteiger partial charge is 0.261 e. The molecule has 0 saturated carbocycles. The van der Waals surface area contributed by atoms with E-state index in [1.54, 1.807) is 7.05 Å². The average Bonchev–Trinajstić information content (AvgIpc) is 2.96. The molecule has 5 heteroatoms. The van der Waals surface area contributed by atoms with Crippen LogP contribution in [0.5, 0.6) is 0 Å². The fourth-order valence-corrected chi connectivity index (χ4v) is 3.54. The Bertz CT molecular complexity index is 774. The zero-order valence-electron chi connectivity index (χ0n) is 17.4. The zero-order chi connectivity index (χ0) is 20.4. The number of carbonyl (C=O) groups is 1. The van der Waals surface area contributed by atoms with Crippen LogP contribution in [0, 0.1) is 13.8 Å². The molecule has 2 aromatic rings. The summed E-state index contributed by atoms with van der Waals surface area (Å²) in [4.78, 5) is 18.3.